The van der Waals surface area contributed by atoms with Gasteiger partial charge in [0.1, 0.15) is 0 Å². The highest BCUT2D eigenvalue weighted by Gasteiger charge is 2.29. The third-order valence-electron chi connectivity index (χ3n) is 5.81. The van der Waals surface area contributed by atoms with Crippen LogP contribution in [0.3, 0.4) is 0 Å². The molecule has 0 bridgehead atoms. The Labute approximate surface area is 200 Å². The summed E-state index contributed by atoms with van der Waals surface area (Å²) in [6.45, 7) is 3.29. The number of hydrogen-bond acceptors (Lipinski definition) is 8. The van der Waals surface area contributed by atoms with Gasteiger partial charge in [-0.1, -0.05) is 31.4 Å². The SMILES string of the molecule is CCOC(=O)COc1c(C(=O)OC)sc2c1sc1c(N(C(C)=O)C3CCCCC3)cccc12. The third-order valence-corrected chi connectivity index (χ3v) is 8.36. The number of carbonyl (C=O) groups excluding carboxylic acids is 3. The summed E-state index contributed by atoms with van der Waals surface area (Å²) < 4.78 is 18.3. The molecule has 2 heterocycles. The maximum absolute atomic E-state index is 12.7. The van der Waals surface area contributed by atoms with Gasteiger partial charge in [-0.15, -0.1) is 22.7 Å². The topological polar surface area (TPSA) is 82.1 Å². The zero-order chi connectivity index (χ0) is 23.5. The van der Waals surface area contributed by atoms with Crippen LogP contribution in [0.25, 0.3) is 19.5 Å². The summed E-state index contributed by atoms with van der Waals surface area (Å²) in [5.74, 6) is -0.664. The van der Waals surface area contributed by atoms with E-state index in [0.29, 0.717) is 10.6 Å². The summed E-state index contributed by atoms with van der Waals surface area (Å²) in [6.07, 6.45) is 5.45. The monoisotopic (exact) mass is 489 g/mol. The molecule has 0 spiro atoms. The number of fused-ring (bicyclic) bond motifs is 3. The fraction of sp³-hybridized carbons (Fsp3) is 0.458. The van der Waals surface area contributed by atoms with Crippen LogP contribution in [0, 0.1) is 0 Å². The Morgan fingerprint density at radius 1 is 1.06 bits per heavy atom. The van der Waals surface area contributed by atoms with Gasteiger partial charge in [-0.05, 0) is 25.8 Å². The van der Waals surface area contributed by atoms with Gasteiger partial charge >= 0.3 is 11.9 Å². The summed E-state index contributed by atoms with van der Waals surface area (Å²) >= 11 is 2.75. The van der Waals surface area contributed by atoms with E-state index in [4.69, 9.17) is 14.2 Å². The minimum Gasteiger partial charge on any atom is -0.479 e. The smallest absolute Gasteiger partial charge is 0.351 e. The Kier molecular flexibility index (Phi) is 7.19. The number of rotatable bonds is 7. The van der Waals surface area contributed by atoms with Crippen LogP contribution < -0.4 is 9.64 Å². The predicted octanol–water partition coefficient (Wildman–Crippen LogP) is 5.53. The molecule has 3 aromatic rings. The highest BCUT2D eigenvalue weighted by molar-refractivity contribution is 7.34. The van der Waals surface area contributed by atoms with Crippen molar-refractivity contribution in [3.8, 4) is 5.75 Å². The molecule has 0 atom stereocenters. The first-order valence-electron chi connectivity index (χ1n) is 11.1. The molecule has 7 nitrogen and oxygen atoms in total. The molecule has 1 amide bonds. The number of carbonyl (C=O) groups is 3. The third kappa shape index (κ3) is 4.56. The first-order chi connectivity index (χ1) is 16.0. The van der Waals surface area contributed by atoms with Crippen LogP contribution in [0.15, 0.2) is 18.2 Å². The Bertz CT molecular complexity index is 1190. The van der Waals surface area contributed by atoms with Crippen molar-refractivity contribution in [2.45, 2.75) is 52.0 Å². The van der Waals surface area contributed by atoms with Crippen LogP contribution in [0.4, 0.5) is 5.69 Å². The average molecular weight is 490 g/mol. The summed E-state index contributed by atoms with van der Waals surface area (Å²) in [6, 6.07) is 6.11. The Morgan fingerprint density at radius 3 is 2.48 bits per heavy atom. The highest BCUT2D eigenvalue weighted by atomic mass is 32.1. The van der Waals surface area contributed by atoms with E-state index in [-0.39, 0.29) is 25.2 Å². The molecule has 0 aliphatic heterocycles. The zero-order valence-corrected chi connectivity index (χ0v) is 20.6. The van der Waals surface area contributed by atoms with E-state index in [1.165, 1.54) is 36.2 Å². The minimum absolute atomic E-state index is 0.0280. The quantitative estimate of drug-likeness (QED) is 0.406. The Morgan fingerprint density at radius 2 is 1.82 bits per heavy atom. The lowest BCUT2D eigenvalue weighted by Crippen LogP contribution is -2.40. The van der Waals surface area contributed by atoms with Gasteiger partial charge in [0.2, 0.25) is 5.91 Å². The fourth-order valence-corrected chi connectivity index (χ4v) is 7.11. The van der Waals surface area contributed by atoms with E-state index in [2.05, 4.69) is 0 Å². The summed E-state index contributed by atoms with van der Waals surface area (Å²) in [4.78, 5) is 39.3. The van der Waals surface area contributed by atoms with Gasteiger partial charge in [0, 0.05) is 18.4 Å². The molecule has 1 fully saturated rings. The van der Waals surface area contributed by atoms with Crippen molar-refractivity contribution in [1.82, 2.24) is 0 Å². The molecule has 0 radical (unpaired) electrons. The summed E-state index contributed by atoms with van der Waals surface area (Å²) in [7, 11) is 1.32. The minimum atomic E-state index is -0.515. The maximum atomic E-state index is 12.7. The molecule has 1 aliphatic rings. The number of thiophene rings is 2. The number of hydrogen-bond donors (Lipinski definition) is 0. The number of anilines is 1. The van der Waals surface area contributed by atoms with E-state index >= 15 is 0 Å². The van der Waals surface area contributed by atoms with Crippen molar-refractivity contribution in [2.24, 2.45) is 0 Å². The second kappa shape index (κ2) is 10.1. The molecule has 2 aromatic heterocycles. The lowest BCUT2D eigenvalue weighted by molar-refractivity contribution is -0.145. The molecule has 9 heteroatoms. The largest absolute Gasteiger partial charge is 0.479 e. The van der Waals surface area contributed by atoms with Gasteiger partial charge in [0.15, 0.2) is 17.2 Å². The molecular formula is C24H27NO6S2. The molecule has 176 valence electrons. The van der Waals surface area contributed by atoms with Crippen LogP contribution in [0.5, 0.6) is 5.75 Å². The first-order valence-corrected chi connectivity index (χ1v) is 12.7. The molecule has 1 aliphatic carbocycles. The lowest BCUT2D eigenvalue weighted by atomic mass is 9.93. The molecule has 33 heavy (non-hydrogen) atoms. The fourth-order valence-electron chi connectivity index (χ4n) is 4.43. The van der Waals surface area contributed by atoms with Crippen molar-refractivity contribution in [3.63, 3.8) is 0 Å². The van der Waals surface area contributed by atoms with E-state index < -0.39 is 11.9 Å². The highest BCUT2D eigenvalue weighted by Crippen LogP contribution is 2.50. The van der Waals surface area contributed by atoms with Gasteiger partial charge < -0.3 is 19.1 Å². The molecular weight excluding hydrogens is 462 g/mol. The van der Waals surface area contributed by atoms with E-state index in [9.17, 15) is 14.4 Å². The van der Waals surface area contributed by atoms with Gasteiger partial charge in [-0.3, -0.25) is 4.79 Å². The van der Waals surface area contributed by atoms with Crippen molar-refractivity contribution in [3.05, 3.63) is 23.1 Å². The standard InChI is InChI=1S/C24H27NO6S2/c1-4-30-18(27)13-31-19-22-21(33-23(19)24(28)29-3)16-11-8-12-17(20(16)32-22)25(14(2)26)15-9-6-5-7-10-15/h8,11-12,15H,4-7,9-10,13H2,1-3H3. The normalized spacial score (nSPS) is 14.4. The van der Waals surface area contributed by atoms with Gasteiger partial charge in [-0.2, -0.15) is 0 Å². The van der Waals surface area contributed by atoms with E-state index in [0.717, 1.165) is 50.9 Å². The number of benzene rings is 1. The predicted molar refractivity (Wildman–Crippen MR) is 131 cm³/mol. The first kappa shape index (κ1) is 23.5. The summed E-state index contributed by atoms with van der Waals surface area (Å²) in [5, 5.41) is 0.954. The number of nitrogens with zero attached hydrogens (tertiary/aromatic N) is 1. The Balaban J connectivity index is 1.83. The maximum Gasteiger partial charge on any atom is 0.351 e. The van der Waals surface area contributed by atoms with Gasteiger partial charge in [0.25, 0.3) is 0 Å². The second-order valence-electron chi connectivity index (χ2n) is 7.94. The molecule has 1 saturated carbocycles. The van der Waals surface area contributed by atoms with Gasteiger partial charge in [-0.25, -0.2) is 9.59 Å². The van der Waals surface area contributed by atoms with Crippen molar-refractivity contribution < 1.29 is 28.6 Å². The second-order valence-corrected chi connectivity index (χ2v) is 9.98. The Hall–Kier alpha value is -2.65. The number of methoxy groups -OCH3 is 1. The van der Waals surface area contributed by atoms with E-state index in [1.807, 2.05) is 23.1 Å². The number of amides is 1. The zero-order valence-electron chi connectivity index (χ0n) is 19.0. The van der Waals surface area contributed by atoms with Crippen molar-refractivity contribution >= 4 is 65.7 Å². The molecule has 1 aromatic carbocycles. The average Bonchev–Trinajstić information content (AvgIpc) is 3.35. The van der Waals surface area contributed by atoms with Crippen LogP contribution in [0.1, 0.15) is 55.6 Å². The van der Waals surface area contributed by atoms with Gasteiger partial charge in [0.05, 0.1) is 33.5 Å². The van der Waals surface area contributed by atoms with Crippen molar-refractivity contribution in [1.29, 1.82) is 0 Å². The molecule has 0 saturated heterocycles. The number of esters is 2. The number of ether oxygens (including phenoxy) is 3. The van der Waals surface area contributed by atoms with Crippen molar-refractivity contribution in [2.75, 3.05) is 25.2 Å². The van der Waals surface area contributed by atoms with Crippen LogP contribution in [0.2, 0.25) is 0 Å². The molecule has 0 unspecified atom stereocenters. The van der Waals surface area contributed by atoms with Crippen LogP contribution in [-0.4, -0.2) is 44.2 Å². The molecule has 4 rings (SSSR count). The van der Waals surface area contributed by atoms with Crippen LogP contribution >= 0.6 is 22.7 Å². The lowest BCUT2D eigenvalue weighted by Gasteiger charge is -2.34. The summed E-state index contributed by atoms with van der Waals surface area (Å²) in [5.41, 5.74) is 0.885. The molecule has 0 N–H and O–H groups in total. The van der Waals surface area contributed by atoms with Crippen LogP contribution in [-0.2, 0) is 19.1 Å². The van der Waals surface area contributed by atoms with E-state index in [1.54, 1.807) is 13.8 Å².